The summed E-state index contributed by atoms with van der Waals surface area (Å²) in [5.41, 5.74) is 10.8. The van der Waals surface area contributed by atoms with Gasteiger partial charge in [-0.3, -0.25) is 0 Å². The van der Waals surface area contributed by atoms with E-state index in [1.54, 1.807) is 0 Å². The Labute approximate surface area is 107 Å². The fourth-order valence-corrected chi connectivity index (χ4v) is 2.32. The molecule has 2 N–H and O–H groups in total. The summed E-state index contributed by atoms with van der Waals surface area (Å²) in [4.78, 5) is 0. The van der Waals surface area contributed by atoms with Crippen molar-refractivity contribution in [3.8, 4) is 0 Å². The van der Waals surface area contributed by atoms with Gasteiger partial charge in [-0.25, -0.2) is 0 Å². The minimum atomic E-state index is -0.163. The normalized spacial score (nSPS) is 12.5. The molecule has 1 atom stereocenters. The summed E-state index contributed by atoms with van der Waals surface area (Å²) in [5, 5.41) is 0.722. The van der Waals surface area contributed by atoms with E-state index in [-0.39, 0.29) is 6.04 Å². The highest BCUT2D eigenvalue weighted by Gasteiger charge is 2.13. The van der Waals surface area contributed by atoms with Crippen molar-refractivity contribution in [1.82, 2.24) is 0 Å². The van der Waals surface area contributed by atoms with Crippen molar-refractivity contribution in [2.45, 2.75) is 19.9 Å². The van der Waals surface area contributed by atoms with Gasteiger partial charge in [0.2, 0.25) is 0 Å². The van der Waals surface area contributed by atoms with Crippen LogP contribution in [0, 0.1) is 13.8 Å². The standard InChI is InChI=1S/C15H16ClN/c1-10-7-8-12(11(2)9-10)15(17)13-5-3-4-6-14(13)16/h3-9,15H,17H2,1-2H3. The lowest BCUT2D eigenvalue weighted by atomic mass is 9.94. The maximum Gasteiger partial charge on any atom is 0.0569 e. The second-order valence-corrected chi connectivity index (χ2v) is 4.77. The number of hydrogen-bond acceptors (Lipinski definition) is 1. The monoisotopic (exact) mass is 245 g/mol. The van der Waals surface area contributed by atoms with Gasteiger partial charge in [-0.15, -0.1) is 0 Å². The lowest BCUT2D eigenvalue weighted by molar-refractivity contribution is 0.861. The van der Waals surface area contributed by atoms with E-state index in [0.717, 1.165) is 16.1 Å². The Morgan fingerprint density at radius 2 is 1.71 bits per heavy atom. The number of aryl methyl sites for hydroxylation is 2. The molecule has 0 spiro atoms. The smallest absolute Gasteiger partial charge is 0.0569 e. The average Bonchev–Trinajstić information content (AvgIpc) is 2.29. The highest BCUT2D eigenvalue weighted by atomic mass is 35.5. The number of halogens is 1. The molecule has 2 rings (SSSR count). The predicted molar refractivity (Wildman–Crippen MR) is 73.4 cm³/mol. The van der Waals surface area contributed by atoms with Crippen molar-refractivity contribution in [2.24, 2.45) is 5.73 Å². The molecule has 0 aliphatic heterocycles. The van der Waals surface area contributed by atoms with Crippen LogP contribution in [0.1, 0.15) is 28.3 Å². The summed E-state index contributed by atoms with van der Waals surface area (Å²) in [5.74, 6) is 0. The van der Waals surface area contributed by atoms with Crippen LogP contribution in [0.15, 0.2) is 42.5 Å². The van der Waals surface area contributed by atoms with Gasteiger partial charge in [0.25, 0.3) is 0 Å². The molecule has 0 saturated heterocycles. The minimum absolute atomic E-state index is 0.163. The first-order valence-corrected chi connectivity index (χ1v) is 6.04. The Morgan fingerprint density at radius 3 is 2.35 bits per heavy atom. The fourth-order valence-electron chi connectivity index (χ4n) is 2.07. The van der Waals surface area contributed by atoms with Gasteiger partial charge in [0.05, 0.1) is 6.04 Å². The largest absolute Gasteiger partial charge is 0.320 e. The van der Waals surface area contributed by atoms with E-state index in [1.165, 1.54) is 11.1 Å². The topological polar surface area (TPSA) is 26.0 Å². The molecule has 2 aromatic carbocycles. The minimum Gasteiger partial charge on any atom is -0.320 e. The fraction of sp³-hybridized carbons (Fsp3) is 0.200. The first-order chi connectivity index (χ1) is 8.09. The molecule has 1 nitrogen and oxygen atoms in total. The molecule has 1 unspecified atom stereocenters. The zero-order valence-corrected chi connectivity index (χ0v) is 10.8. The van der Waals surface area contributed by atoms with Crippen LogP contribution in [-0.4, -0.2) is 0 Å². The summed E-state index contributed by atoms with van der Waals surface area (Å²) < 4.78 is 0. The molecule has 88 valence electrons. The van der Waals surface area contributed by atoms with Gasteiger partial charge in [0.1, 0.15) is 0 Å². The third kappa shape index (κ3) is 2.51. The second kappa shape index (κ2) is 4.91. The molecule has 0 saturated carbocycles. The molecule has 0 aromatic heterocycles. The number of hydrogen-bond donors (Lipinski definition) is 1. The maximum absolute atomic E-state index is 6.28. The van der Waals surface area contributed by atoms with Crippen LogP contribution in [0.3, 0.4) is 0 Å². The zero-order chi connectivity index (χ0) is 12.4. The van der Waals surface area contributed by atoms with E-state index in [9.17, 15) is 0 Å². The molecule has 2 heteroatoms. The van der Waals surface area contributed by atoms with Gasteiger partial charge in [-0.1, -0.05) is 53.6 Å². The van der Waals surface area contributed by atoms with Crippen molar-refractivity contribution in [3.63, 3.8) is 0 Å². The highest BCUT2D eigenvalue weighted by Crippen LogP contribution is 2.28. The van der Waals surface area contributed by atoms with Crippen LogP contribution in [0.25, 0.3) is 0 Å². The summed E-state index contributed by atoms with van der Waals surface area (Å²) in [6, 6.07) is 13.9. The van der Waals surface area contributed by atoms with Crippen LogP contribution >= 0.6 is 11.6 Å². The maximum atomic E-state index is 6.28. The third-order valence-corrected chi connectivity index (χ3v) is 3.34. The zero-order valence-electron chi connectivity index (χ0n) is 10.1. The Morgan fingerprint density at radius 1 is 1.00 bits per heavy atom. The lowest BCUT2D eigenvalue weighted by Crippen LogP contribution is -2.13. The van der Waals surface area contributed by atoms with E-state index >= 15 is 0 Å². The van der Waals surface area contributed by atoms with Gasteiger partial charge in [0.15, 0.2) is 0 Å². The van der Waals surface area contributed by atoms with Crippen LogP contribution in [0.4, 0.5) is 0 Å². The number of rotatable bonds is 2. The SMILES string of the molecule is Cc1ccc(C(N)c2ccccc2Cl)c(C)c1. The molecule has 0 bridgehead atoms. The van der Waals surface area contributed by atoms with E-state index in [4.69, 9.17) is 17.3 Å². The summed E-state index contributed by atoms with van der Waals surface area (Å²) in [6.07, 6.45) is 0. The Bertz CT molecular complexity index is 534. The highest BCUT2D eigenvalue weighted by molar-refractivity contribution is 6.31. The molecule has 17 heavy (non-hydrogen) atoms. The van der Waals surface area contributed by atoms with E-state index in [1.807, 2.05) is 24.3 Å². The van der Waals surface area contributed by atoms with E-state index in [2.05, 4.69) is 32.0 Å². The Balaban J connectivity index is 2.44. The second-order valence-electron chi connectivity index (χ2n) is 4.36. The summed E-state index contributed by atoms with van der Waals surface area (Å²) >= 11 is 6.17. The molecule has 0 amide bonds. The quantitative estimate of drug-likeness (QED) is 0.850. The summed E-state index contributed by atoms with van der Waals surface area (Å²) in [6.45, 7) is 4.16. The van der Waals surface area contributed by atoms with Gasteiger partial charge < -0.3 is 5.73 Å². The van der Waals surface area contributed by atoms with Gasteiger partial charge in [-0.05, 0) is 36.6 Å². The molecular weight excluding hydrogens is 230 g/mol. The van der Waals surface area contributed by atoms with Crippen molar-refractivity contribution < 1.29 is 0 Å². The van der Waals surface area contributed by atoms with Gasteiger partial charge in [0, 0.05) is 5.02 Å². The molecule has 2 aromatic rings. The number of nitrogens with two attached hydrogens (primary N) is 1. The van der Waals surface area contributed by atoms with Crippen molar-refractivity contribution in [1.29, 1.82) is 0 Å². The molecular formula is C15H16ClN. The lowest BCUT2D eigenvalue weighted by Gasteiger charge is -2.17. The van der Waals surface area contributed by atoms with Crippen LogP contribution in [-0.2, 0) is 0 Å². The third-order valence-electron chi connectivity index (χ3n) is 3.00. The average molecular weight is 246 g/mol. The first kappa shape index (κ1) is 12.2. The van der Waals surface area contributed by atoms with Crippen molar-refractivity contribution in [3.05, 3.63) is 69.7 Å². The van der Waals surface area contributed by atoms with Crippen molar-refractivity contribution >= 4 is 11.6 Å². The first-order valence-electron chi connectivity index (χ1n) is 5.67. The molecule has 0 aliphatic carbocycles. The molecule has 0 heterocycles. The number of benzene rings is 2. The molecule has 0 aliphatic rings. The van der Waals surface area contributed by atoms with E-state index in [0.29, 0.717) is 0 Å². The van der Waals surface area contributed by atoms with Gasteiger partial charge >= 0.3 is 0 Å². The van der Waals surface area contributed by atoms with Crippen LogP contribution in [0.2, 0.25) is 5.02 Å². The molecule has 0 fully saturated rings. The van der Waals surface area contributed by atoms with Crippen LogP contribution in [0.5, 0.6) is 0 Å². The van der Waals surface area contributed by atoms with Crippen LogP contribution < -0.4 is 5.73 Å². The van der Waals surface area contributed by atoms with Gasteiger partial charge in [-0.2, -0.15) is 0 Å². The Kier molecular flexibility index (Phi) is 3.51. The molecule has 0 radical (unpaired) electrons. The summed E-state index contributed by atoms with van der Waals surface area (Å²) in [7, 11) is 0. The Hall–Kier alpha value is -1.31. The van der Waals surface area contributed by atoms with Crippen molar-refractivity contribution in [2.75, 3.05) is 0 Å². The van der Waals surface area contributed by atoms with E-state index < -0.39 is 0 Å². The predicted octanol–water partition coefficient (Wildman–Crippen LogP) is 4.00.